The molecule has 0 aromatic heterocycles. The molecule has 0 saturated heterocycles. The molecular formula is C15H24N2O3S. The van der Waals surface area contributed by atoms with Crippen molar-refractivity contribution in [2.24, 2.45) is 5.92 Å². The molecule has 1 rings (SSSR count). The highest BCUT2D eigenvalue weighted by molar-refractivity contribution is 7.91. The molecule has 0 aliphatic heterocycles. The van der Waals surface area contributed by atoms with Crippen LogP contribution in [0.5, 0.6) is 0 Å². The number of hydrogen-bond donors (Lipinski definition) is 2. The molecule has 6 heteroatoms. The van der Waals surface area contributed by atoms with Gasteiger partial charge in [0.1, 0.15) is 0 Å². The third-order valence-corrected chi connectivity index (χ3v) is 5.07. The molecule has 0 aliphatic carbocycles. The van der Waals surface area contributed by atoms with Crippen molar-refractivity contribution in [3.05, 3.63) is 23.8 Å². The first kappa shape index (κ1) is 17.5. The molecular weight excluding hydrogens is 288 g/mol. The van der Waals surface area contributed by atoms with Crippen molar-refractivity contribution in [1.29, 1.82) is 0 Å². The molecule has 118 valence electrons. The quantitative estimate of drug-likeness (QED) is 0.756. The first-order chi connectivity index (χ1) is 9.69. The average Bonchev–Trinajstić information content (AvgIpc) is 2.31. The number of anilines is 2. The summed E-state index contributed by atoms with van der Waals surface area (Å²) in [5.74, 6) is 0.138. The molecule has 0 unspecified atom stereocenters. The molecule has 0 bridgehead atoms. The second-order valence-corrected chi connectivity index (χ2v) is 7.96. The second kappa shape index (κ2) is 7.45. The number of carbonyl (C=O) groups excluding carboxylic acids is 1. The van der Waals surface area contributed by atoms with Crippen molar-refractivity contribution in [3.8, 4) is 0 Å². The van der Waals surface area contributed by atoms with Crippen molar-refractivity contribution in [2.75, 3.05) is 22.6 Å². The van der Waals surface area contributed by atoms with Crippen LogP contribution in [-0.2, 0) is 14.6 Å². The fourth-order valence-corrected chi connectivity index (χ4v) is 3.80. The Morgan fingerprint density at radius 3 is 2.62 bits per heavy atom. The Balaban J connectivity index is 2.46. The number of nitrogens with one attached hydrogen (secondary N) is 1. The summed E-state index contributed by atoms with van der Waals surface area (Å²) in [6.07, 6.45) is 0.522. The number of rotatable bonds is 7. The number of amides is 1. The van der Waals surface area contributed by atoms with E-state index in [9.17, 15) is 13.2 Å². The van der Waals surface area contributed by atoms with E-state index in [0.717, 1.165) is 5.56 Å². The number of benzene rings is 1. The van der Waals surface area contributed by atoms with E-state index >= 15 is 0 Å². The van der Waals surface area contributed by atoms with Crippen molar-refractivity contribution >= 4 is 27.1 Å². The van der Waals surface area contributed by atoms with Gasteiger partial charge in [-0.2, -0.15) is 0 Å². The summed E-state index contributed by atoms with van der Waals surface area (Å²) in [5.41, 5.74) is 7.85. The Bertz CT molecular complexity index is 595. The number of sulfone groups is 1. The fourth-order valence-electron chi connectivity index (χ4n) is 2.03. The van der Waals surface area contributed by atoms with Gasteiger partial charge >= 0.3 is 0 Å². The molecule has 1 aromatic carbocycles. The third kappa shape index (κ3) is 6.62. The number of hydrogen-bond acceptors (Lipinski definition) is 4. The van der Waals surface area contributed by atoms with Gasteiger partial charge in [0.2, 0.25) is 5.91 Å². The van der Waals surface area contributed by atoms with E-state index in [1.807, 2.05) is 26.8 Å². The van der Waals surface area contributed by atoms with Crippen LogP contribution in [0.2, 0.25) is 0 Å². The SMILES string of the molecule is Cc1ccc(N)cc1NC(=O)CCCS(=O)(=O)CC(C)C. The minimum absolute atomic E-state index is 0.0501. The Morgan fingerprint density at radius 1 is 1.33 bits per heavy atom. The summed E-state index contributed by atoms with van der Waals surface area (Å²) in [6.45, 7) is 5.61. The van der Waals surface area contributed by atoms with Gasteiger partial charge in [-0.05, 0) is 37.0 Å². The van der Waals surface area contributed by atoms with Crippen LogP contribution in [0.25, 0.3) is 0 Å². The molecule has 1 aromatic rings. The Hall–Kier alpha value is -1.56. The van der Waals surface area contributed by atoms with Gasteiger partial charge in [-0.1, -0.05) is 19.9 Å². The van der Waals surface area contributed by atoms with E-state index < -0.39 is 9.84 Å². The first-order valence-electron chi connectivity index (χ1n) is 7.06. The van der Waals surface area contributed by atoms with Crippen LogP contribution in [0.1, 0.15) is 32.3 Å². The van der Waals surface area contributed by atoms with Gasteiger partial charge in [0, 0.05) is 17.8 Å². The second-order valence-electron chi connectivity index (χ2n) is 5.73. The number of nitrogen functional groups attached to an aromatic ring is 1. The van der Waals surface area contributed by atoms with E-state index in [1.54, 1.807) is 12.1 Å². The smallest absolute Gasteiger partial charge is 0.224 e. The van der Waals surface area contributed by atoms with Crippen molar-refractivity contribution in [2.45, 2.75) is 33.6 Å². The van der Waals surface area contributed by atoms with Crippen LogP contribution in [0.3, 0.4) is 0 Å². The lowest BCUT2D eigenvalue weighted by Crippen LogP contribution is -2.18. The van der Waals surface area contributed by atoms with Crippen LogP contribution >= 0.6 is 0 Å². The molecule has 0 aliphatic rings. The minimum atomic E-state index is -3.06. The Morgan fingerprint density at radius 2 is 2.00 bits per heavy atom. The minimum Gasteiger partial charge on any atom is -0.399 e. The van der Waals surface area contributed by atoms with Gasteiger partial charge in [-0.3, -0.25) is 4.79 Å². The van der Waals surface area contributed by atoms with Crippen LogP contribution in [-0.4, -0.2) is 25.8 Å². The Kier molecular flexibility index (Phi) is 6.20. The highest BCUT2D eigenvalue weighted by atomic mass is 32.2. The number of nitrogens with two attached hydrogens (primary N) is 1. The third-order valence-electron chi connectivity index (χ3n) is 2.98. The van der Waals surface area contributed by atoms with Gasteiger partial charge < -0.3 is 11.1 Å². The summed E-state index contributed by atoms with van der Waals surface area (Å²) in [7, 11) is -3.06. The maximum absolute atomic E-state index is 11.8. The zero-order chi connectivity index (χ0) is 16.0. The monoisotopic (exact) mass is 312 g/mol. The lowest BCUT2D eigenvalue weighted by Gasteiger charge is -2.10. The lowest BCUT2D eigenvalue weighted by molar-refractivity contribution is -0.116. The number of carbonyl (C=O) groups is 1. The fraction of sp³-hybridized carbons (Fsp3) is 0.533. The highest BCUT2D eigenvalue weighted by Gasteiger charge is 2.14. The number of aryl methyl sites for hydroxylation is 1. The van der Waals surface area contributed by atoms with E-state index in [4.69, 9.17) is 5.73 Å². The standard InChI is InChI=1S/C15H24N2O3S/c1-11(2)10-21(19,20)8-4-5-15(18)17-14-9-13(16)7-6-12(14)3/h6-7,9,11H,4-5,8,10,16H2,1-3H3,(H,17,18). The molecule has 1 amide bonds. The molecule has 0 spiro atoms. The van der Waals surface area contributed by atoms with E-state index in [-0.39, 0.29) is 29.8 Å². The van der Waals surface area contributed by atoms with Crippen LogP contribution in [0, 0.1) is 12.8 Å². The summed E-state index contributed by atoms with van der Waals surface area (Å²) in [4.78, 5) is 11.8. The van der Waals surface area contributed by atoms with Gasteiger partial charge in [-0.15, -0.1) is 0 Å². The molecule has 21 heavy (non-hydrogen) atoms. The summed E-state index contributed by atoms with van der Waals surface area (Å²) >= 11 is 0. The van der Waals surface area contributed by atoms with Gasteiger partial charge in [0.15, 0.2) is 9.84 Å². The zero-order valence-corrected chi connectivity index (χ0v) is 13.7. The molecule has 0 heterocycles. The topological polar surface area (TPSA) is 89.3 Å². The van der Waals surface area contributed by atoms with Crippen molar-refractivity contribution in [3.63, 3.8) is 0 Å². The van der Waals surface area contributed by atoms with Crippen LogP contribution in [0.4, 0.5) is 11.4 Å². The zero-order valence-electron chi connectivity index (χ0n) is 12.8. The molecule has 0 fully saturated rings. The van der Waals surface area contributed by atoms with Gasteiger partial charge in [0.05, 0.1) is 11.5 Å². The average molecular weight is 312 g/mol. The largest absolute Gasteiger partial charge is 0.399 e. The maximum atomic E-state index is 11.8. The van der Waals surface area contributed by atoms with E-state index in [1.165, 1.54) is 0 Å². The normalized spacial score (nSPS) is 11.6. The Labute approximate surface area is 126 Å². The summed E-state index contributed by atoms with van der Waals surface area (Å²) < 4.78 is 23.5. The molecule has 3 N–H and O–H groups in total. The van der Waals surface area contributed by atoms with Crippen LogP contribution < -0.4 is 11.1 Å². The summed E-state index contributed by atoms with van der Waals surface area (Å²) in [6, 6.07) is 5.30. The lowest BCUT2D eigenvalue weighted by atomic mass is 10.1. The van der Waals surface area contributed by atoms with E-state index in [0.29, 0.717) is 17.8 Å². The van der Waals surface area contributed by atoms with E-state index in [2.05, 4.69) is 5.32 Å². The molecule has 0 radical (unpaired) electrons. The van der Waals surface area contributed by atoms with Crippen LogP contribution in [0.15, 0.2) is 18.2 Å². The first-order valence-corrected chi connectivity index (χ1v) is 8.88. The van der Waals surface area contributed by atoms with Gasteiger partial charge in [0.25, 0.3) is 0 Å². The maximum Gasteiger partial charge on any atom is 0.224 e. The van der Waals surface area contributed by atoms with Crippen molar-refractivity contribution in [1.82, 2.24) is 0 Å². The molecule has 5 nitrogen and oxygen atoms in total. The molecule has 0 saturated carbocycles. The predicted molar refractivity (Wildman–Crippen MR) is 86.9 cm³/mol. The predicted octanol–water partition coefficient (Wildman–Crippen LogP) is 2.37. The molecule has 0 atom stereocenters. The highest BCUT2D eigenvalue weighted by Crippen LogP contribution is 2.18. The van der Waals surface area contributed by atoms with Gasteiger partial charge in [-0.25, -0.2) is 8.42 Å². The van der Waals surface area contributed by atoms with Crippen molar-refractivity contribution < 1.29 is 13.2 Å². The summed E-state index contributed by atoms with van der Waals surface area (Å²) in [5, 5.41) is 2.76.